The third-order valence-electron chi connectivity index (χ3n) is 4.29. The summed E-state index contributed by atoms with van der Waals surface area (Å²) < 4.78 is 11.6. The molecule has 0 spiro atoms. The van der Waals surface area contributed by atoms with Crippen LogP contribution in [0.3, 0.4) is 0 Å². The Morgan fingerprint density at radius 3 is 2.38 bits per heavy atom. The van der Waals surface area contributed by atoms with E-state index in [1.54, 1.807) is 12.2 Å². The van der Waals surface area contributed by atoms with Crippen LogP contribution in [-0.2, 0) is 0 Å². The van der Waals surface area contributed by atoms with Gasteiger partial charge in [0.2, 0.25) is 11.2 Å². The molecular formula is C20H16O6. The smallest absolute Gasteiger partial charge is 0.238 e. The zero-order chi connectivity index (χ0) is 18.6. The summed E-state index contributed by atoms with van der Waals surface area (Å²) in [5.74, 6) is -0.531. The van der Waals surface area contributed by atoms with E-state index in [0.717, 1.165) is 0 Å². The van der Waals surface area contributed by atoms with Crippen LogP contribution in [0, 0.1) is 0 Å². The van der Waals surface area contributed by atoms with E-state index >= 15 is 0 Å². The Morgan fingerprint density at radius 1 is 1.00 bits per heavy atom. The lowest BCUT2D eigenvalue weighted by molar-refractivity contribution is 0.158. The topological polar surface area (TPSA) is 100 Å². The van der Waals surface area contributed by atoms with Gasteiger partial charge in [-0.05, 0) is 50.3 Å². The van der Waals surface area contributed by atoms with E-state index in [0.29, 0.717) is 16.9 Å². The fraction of sp³-hybridized carbons (Fsp3) is 0.150. The molecule has 0 fully saturated rings. The molecule has 0 radical (unpaired) electrons. The predicted molar refractivity (Wildman–Crippen MR) is 96.7 cm³/mol. The molecule has 6 nitrogen and oxygen atoms in total. The minimum Gasteiger partial charge on any atom is -0.508 e. The number of phenols is 2. The van der Waals surface area contributed by atoms with Gasteiger partial charge in [-0.1, -0.05) is 0 Å². The number of ether oxygens (including phenoxy) is 1. The van der Waals surface area contributed by atoms with Gasteiger partial charge in [0.1, 0.15) is 33.8 Å². The SMILES string of the molecule is CC1(C)C=Cc2c(cc3oc(-c4ccc(O)cc4)c(O)c(=O)c3c2O)O1. The lowest BCUT2D eigenvalue weighted by Gasteiger charge is -2.28. The fourth-order valence-electron chi connectivity index (χ4n) is 2.97. The maximum absolute atomic E-state index is 12.6. The number of aromatic hydroxyl groups is 3. The molecule has 3 N–H and O–H groups in total. The molecule has 1 aromatic heterocycles. The first kappa shape index (κ1) is 16.1. The molecule has 1 aliphatic rings. The van der Waals surface area contributed by atoms with Gasteiger partial charge in [-0.15, -0.1) is 0 Å². The van der Waals surface area contributed by atoms with E-state index in [1.165, 1.54) is 30.3 Å². The van der Waals surface area contributed by atoms with Crippen LogP contribution in [0.15, 0.2) is 45.6 Å². The van der Waals surface area contributed by atoms with Crippen molar-refractivity contribution in [3.63, 3.8) is 0 Å². The Labute approximate surface area is 148 Å². The standard InChI is InChI=1S/C20H16O6/c1-20(2)8-7-12-13(26-20)9-14-15(16(12)22)17(23)18(24)19(25-14)10-3-5-11(21)6-4-10/h3-9,21-22,24H,1-2H3. The van der Waals surface area contributed by atoms with Crippen molar-refractivity contribution in [2.75, 3.05) is 0 Å². The number of phenolic OH excluding ortho intramolecular Hbond substituents is 2. The van der Waals surface area contributed by atoms with Gasteiger partial charge in [0.15, 0.2) is 5.76 Å². The minimum atomic E-state index is -0.743. The van der Waals surface area contributed by atoms with Crippen molar-refractivity contribution in [3.8, 4) is 34.3 Å². The Hall–Kier alpha value is -3.41. The van der Waals surface area contributed by atoms with Crippen molar-refractivity contribution in [1.29, 1.82) is 0 Å². The molecule has 0 bridgehead atoms. The molecule has 0 saturated heterocycles. The highest BCUT2D eigenvalue weighted by molar-refractivity contribution is 5.93. The van der Waals surface area contributed by atoms with Gasteiger partial charge < -0.3 is 24.5 Å². The number of fused-ring (bicyclic) bond motifs is 2. The molecule has 1 aliphatic heterocycles. The third-order valence-corrected chi connectivity index (χ3v) is 4.29. The number of hydrogen-bond donors (Lipinski definition) is 3. The minimum absolute atomic E-state index is 0.0468. The summed E-state index contributed by atoms with van der Waals surface area (Å²) in [5.41, 5.74) is -0.436. The molecule has 0 amide bonds. The molecule has 3 aromatic rings. The zero-order valence-electron chi connectivity index (χ0n) is 14.1. The quantitative estimate of drug-likeness (QED) is 0.616. The van der Waals surface area contributed by atoms with Crippen LogP contribution in [0.2, 0.25) is 0 Å². The molecule has 4 rings (SSSR count). The molecule has 26 heavy (non-hydrogen) atoms. The molecule has 0 atom stereocenters. The second kappa shape index (κ2) is 5.29. The first-order valence-corrected chi connectivity index (χ1v) is 8.00. The molecule has 2 aromatic carbocycles. The normalized spacial score (nSPS) is 14.8. The number of hydrogen-bond acceptors (Lipinski definition) is 6. The van der Waals surface area contributed by atoms with Crippen molar-refractivity contribution in [2.24, 2.45) is 0 Å². The first-order valence-electron chi connectivity index (χ1n) is 8.00. The lowest BCUT2D eigenvalue weighted by Crippen LogP contribution is -2.27. The van der Waals surface area contributed by atoms with Crippen LogP contribution >= 0.6 is 0 Å². The monoisotopic (exact) mass is 352 g/mol. The van der Waals surface area contributed by atoms with Crippen LogP contribution in [0.5, 0.6) is 23.0 Å². The highest BCUT2D eigenvalue weighted by Crippen LogP contribution is 2.42. The van der Waals surface area contributed by atoms with E-state index in [1.807, 2.05) is 13.8 Å². The highest BCUT2D eigenvalue weighted by atomic mass is 16.5. The maximum atomic E-state index is 12.6. The average Bonchev–Trinajstić information content (AvgIpc) is 2.57. The van der Waals surface area contributed by atoms with Crippen molar-refractivity contribution in [3.05, 3.63) is 52.2 Å². The Bertz CT molecular complexity index is 1120. The molecule has 6 heteroatoms. The van der Waals surface area contributed by atoms with E-state index in [9.17, 15) is 20.1 Å². The summed E-state index contributed by atoms with van der Waals surface area (Å²) in [6.45, 7) is 3.73. The number of benzene rings is 2. The molecular weight excluding hydrogens is 336 g/mol. The van der Waals surface area contributed by atoms with Crippen LogP contribution in [0.4, 0.5) is 0 Å². The van der Waals surface area contributed by atoms with E-state index in [2.05, 4.69) is 0 Å². The summed E-state index contributed by atoms with van der Waals surface area (Å²) in [7, 11) is 0. The largest absolute Gasteiger partial charge is 0.508 e. The number of rotatable bonds is 1. The van der Waals surface area contributed by atoms with E-state index in [4.69, 9.17) is 9.15 Å². The first-order chi connectivity index (χ1) is 12.3. The molecule has 0 saturated carbocycles. The highest BCUT2D eigenvalue weighted by Gasteiger charge is 2.27. The van der Waals surface area contributed by atoms with Crippen LogP contribution in [0.25, 0.3) is 28.4 Å². The molecule has 0 unspecified atom stereocenters. The molecule has 2 heterocycles. The Kier molecular flexibility index (Phi) is 3.27. The van der Waals surface area contributed by atoms with Crippen molar-refractivity contribution in [2.45, 2.75) is 19.4 Å². The van der Waals surface area contributed by atoms with Gasteiger partial charge in [0.25, 0.3) is 0 Å². The molecule has 132 valence electrons. The van der Waals surface area contributed by atoms with E-state index < -0.39 is 16.8 Å². The van der Waals surface area contributed by atoms with Gasteiger partial charge in [0, 0.05) is 11.6 Å². The third kappa shape index (κ3) is 2.38. The Morgan fingerprint density at radius 2 is 1.69 bits per heavy atom. The average molecular weight is 352 g/mol. The van der Waals surface area contributed by atoms with Crippen molar-refractivity contribution >= 4 is 17.0 Å². The van der Waals surface area contributed by atoms with Crippen molar-refractivity contribution < 1.29 is 24.5 Å². The summed E-state index contributed by atoms with van der Waals surface area (Å²) in [6.07, 6.45) is 3.45. The lowest BCUT2D eigenvalue weighted by atomic mass is 9.99. The van der Waals surface area contributed by atoms with E-state index in [-0.39, 0.29) is 28.2 Å². The summed E-state index contributed by atoms with van der Waals surface area (Å²) >= 11 is 0. The van der Waals surface area contributed by atoms with Gasteiger partial charge in [-0.25, -0.2) is 0 Å². The molecule has 0 aliphatic carbocycles. The fourth-order valence-corrected chi connectivity index (χ4v) is 2.97. The van der Waals surface area contributed by atoms with Gasteiger partial charge in [-0.2, -0.15) is 0 Å². The van der Waals surface area contributed by atoms with Crippen molar-refractivity contribution in [1.82, 2.24) is 0 Å². The summed E-state index contributed by atoms with van der Waals surface area (Å²) in [5, 5.41) is 30.1. The summed E-state index contributed by atoms with van der Waals surface area (Å²) in [6, 6.07) is 7.39. The second-order valence-corrected chi connectivity index (χ2v) is 6.70. The van der Waals surface area contributed by atoms with Crippen LogP contribution in [-0.4, -0.2) is 20.9 Å². The predicted octanol–water partition coefficient (Wildman–Crippen LogP) is 3.76. The zero-order valence-corrected chi connectivity index (χ0v) is 14.1. The summed E-state index contributed by atoms with van der Waals surface area (Å²) in [4.78, 5) is 12.6. The van der Waals surface area contributed by atoms with Gasteiger partial charge in [-0.3, -0.25) is 4.79 Å². The maximum Gasteiger partial charge on any atom is 0.238 e. The van der Waals surface area contributed by atoms with Crippen LogP contribution < -0.4 is 10.2 Å². The Balaban J connectivity index is 2.02. The second-order valence-electron chi connectivity index (χ2n) is 6.70. The van der Waals surface area contributed by atoms with Gasteiger partial charge in [0.05, 0.1) is 5.56 Å². The van der Waals surface area contributed by atoms with Gasteiger partial charge >= 0.3 is 0 Å². The van der Waals surface area contributed by atoms with Crippen LogP contribution in [0.1, 0.15) is 19.4 Å².